The maximum absolute atomic E-state index is 12.9. The third-order valence-corrected chi connectivity index (χ3v) is 6.59. The van der Waals surface area contributed by atoms with Crippen LogP contribution in [0.3, 0.4) is 0 Å². The molecule has 4 aliphatic rings. The van der Waals surface area contributed by atoms with Gasteiger partial charge in [0, 0.05) is 50.3 Å². The number of fused-ring (bicyclic) bond motifs is 4. The molecular formula is C18H27N3O2S. The van der Waals surface area contributed by atoms with Crippen molar-refractivity contribution in [1.82, 2.24) is 14.8 Å². The molecule has 4 aliphatic heterocycles. The van der Waals surface area contributed by atoms with Crippen LogP contribution in [0.1, 0.15) is 36.4 Å². The molecule has 0 unspecified atom stereocenters. The number of aromatic nitrogens is 1. The van der Waals surface area contributed by atoms with Gasteiger partial charge in [-0.2, -0.15) is 0 Å². The Balaban J connectivity index is 1.43. The number of aryl methyl sites for hydroxylation is 1. The van der Waals surface area contributed by atoms with Crippen LogP contribution in [0.15, 0.2) is 5.38 Å². The molecule has 5 rings (SSSR count). The van der Waals surface area contributed by atoms with Gasteiger partial charge in [-0.25, -0.2) is 4.98 Å². The van der Waals surface area contributed by atoms with Crippen LogP contribution >= 0.6 is 11.3 Å². The maximum Gasteiger partial charge on any atom is 0.228 e. The van der Waals surface area contributed by atoms with Gasteiger partial charge in [0.1, 0.15) is 0 Å². The van der Waals surface area contributed by atoms with Crippen molar-refractivity contribution >= 4 is 17.2 Å². The minimum Gasteiger partial charge on any atom is -0.381 e. The van der Waals surface area contributed by atoms with Crippen molar-refractivity contribution in [2.24, 2.45) is 5.92 Å². The summed E-state index contributed by atoms with van der Waals surface area (Å²) in [5, 5.41) is 3.07. The molecular weight excluding hydrogens is 322 g/mol. The van der Waals surface area contributed by atoms with Crippen LogP contribution in [0.4, 0.5) is 0 Å². The van der Waals surface area contributed by atoms with Crippen LogP contribution in [-0.4, -0.2) is 65.6 Å². The zero-order valence-electron chi connectivity index (χ0n) is 14.4. The van der Waals surface area contributed by atoms with Gasteiger partial charge in [-0.05, 0) is 38.5 Å². The molecule has 2 bridgehead atoms. The molecule has 0 N–H and O–H groups in total. The monoisotopic (exact) mass is 349 g/mol. The molecule has 6 heteroatoms. The minimum absolute atomic E-state index is 0.267. The van der Waals surface area contributed by atoms with Crippen LogP contribution in [0.5, 0.6) is 0 Å². The second kappa shape index (κ2) is 7.10. The number of thiazole rings is 1. The number of carbonyl (C=O) groups excluding carboxylic acids is 1. The number of ether oxygens (including phenoxy) is 1. The predicted molar refractivity (Wildman–Crippen MR) is 94.2 cm³/mol. The van der Waals surface area contributed by atoms with Crippen molar-refractivity contribution in [3.8, 4) is 0 Å². The summed E-state index contributed by atoms with van der Waals surface area (Å²) in [6, 6.07) is 1.04. The van der Waals surface area contributed by atoms with E-state index in [-0.39, 0.29) is 5.91 Å². The van der Waals surface area contributed by atoms with Crippen LogP contribution in [0.25, 0.3) is 0 Å². The van der Waals surface area contributed by atoms with Gasteiger partial charge < -0.3 is 9.64 Å². The van der Waals surface area contributed by atoms with E-state index in [1.54, 1.807) is 11.3 Å². The summed E-state index contributed by atoms with van der Waals surface area (Å²) in [5.41, 5.74) is 0.934. The summed E-state index contributed by atoms with van der Waals surface area (Å²) < 4.78 is 5.52. The highest BCUT2D eigenvalue weighted by Crippen LogP contribution is 2.31. The van der Waals surface area contributed by atoms with E-state index in [4.69, 9.17) is 4.74 Å². The van der Waals surface area contributed by atoms with Crippen molar-refractivity contribution < 1.29 is 9.53 Å². The Bertz CT molecular complexity index is 585. The molecule has 0 aliphatic carbocycles. The summed E-state index contributed by atoms with van der Waals surface area (Å²) >= 11 is 1.63. The predicted octanol–water partition coefficient (Wildman–Crippen LogP) is 2.10. The highest BCUT2D eigenvalue weighted by molar-refractivity contribution is 7.09. The zero-order chi connectivity index (χ0) is 16.5. The number of piperidine rings is 1. The standard InChI is InChI=1S/C18H27N3O2S/c1-13-19-15(12-24-13)8-18(22)21-10-14-2-3-17(21)11-20(9-14)16-4-6-23-7-5-16/h12,14,16-17H,2-11H2,1H3/t14-,17+/m0/s1. The van der Waals surface area contributed by atoms with Crippen LogP contribution in [0, 0.1) is 12.8 Å². The topological polar surface area (TPSA) is 45.7 Å². The first-order chi connectivity index (χ1) is 11.7. The molecule has 1 aromatic heterocycles. The number of carbonyl (C=O) groups is 1. The van der Waals surface area contributed by atoms with E-state index in [2.05, 4.69) is 14.8 Å². The molecule has 2 atom stereocenters. The van der Waals surface area contributed by atoms with Crippen LogP contribution in [-0.2, 0) is 16.0 Å². The van der Waals surface area contributed by atoms with Crippen molar-refractivity contribution in [3.63, 3.8) is 0 Å². The molecule has 0 spiro atoms. The van der Waals surface area contributed by atoms with Crippen LogP contribution < -0.4 is 0 Å². The average Bonchev–Trinajstić information content (AvgIpc) is 2.82. The number of hydrogen-bond acceptors (Lipinski definition) is 5. The molecule has 4 saturated heterocycles. The first-order valence-corrected chi connectivity index (χ1v) is 10.1. The summed E-state index contributed by atoms with van der Waals surface area (Å²) in [6.45, 7) is 6.92. The fourth-order valence-corrected chi connectivity index (χ4v) is 5.13. The van der Waals surface area contributed by atoms with Gasteiger partial charge in [0.05, 0.1) is 17.1 Å². The lowest BCUT2D eigenvalue weighted by molar-refractivity contribution is -0.134. The fourth-order valence-electron chi connectivity index (χ4n) is 4.52. The Morgan fingerprint density at radius 3 is 2.79 bits per heavy atom. The smallest absolute Gasteiger partial charge is 0.228 e. The lowest BCUT2D eigenvalue weighted by atomic mass is 9.94. The van der Waals surface area contributed by atoms with Gasteiger partial charge in [0.2, 0.25) is 5.91 Å². The molecule has 132 valence electrons. The highest BCUT2D eigenvalue weighted by Gasteiger charge is 2.39. The SMILES string of the molecule is Cc1nc(CC(=O)N2C[C@H]3CC[C@@H]2CN(C2CCOCC2)C3)cs1. The summed E-state index contributed by atoms with van der Waals surface area (Å²) in [4.78, 5) is 22.1. The molecule has 1 aromatic rings. The molecule has 24 heavy (non-hydrogen) atoms. The van der Waals surface area contributed by atoms with E-state index in [0.29, 0.717) is 24.4 Å². The summed E-state index contributed by atoms with van der Waals surface area (Å²) in [5.74, 6) is 0.900. The molecule has 5 heterocycles. The third-order valence-electron chi connectivity index (χ3n) is 5.77. The summed E-state index contributed by atoms with van der Waals surface area (Å²) in [7, 11) is 0. The molecule has 4 fully saturated rings. The van der Waals surface area contributed by atoms with Gasteiger partial charge >= 0.3 is 0 Å². The van der Waals surface area contributed by atoms with Gasteiger partial charge in [0.15, 0.2) is 0 Å². The second-order valence-corrected chi connectivity index (χ2v) is 8.54. The first-order valence-electron chi connectivity index (χ1n) is 9.21. The summed E-state index contributed by atoms with van der Waals surface area (Å²) in [6.07, 6.45) is 5.18. The van der Waals surface area contributed by atoms with Crippen molar-refractivity contribution in [1.29, 1.82) is 0 Å². The van der Waals surface area contributed by atoms with Gasteiger partial charge in [-0.15, -0.1) is 11.3 Å². The lowest BCUT2D eigenvalue weighted by Crippen LogP contribution is -2.49. The minimum atomic E-state index is 0.267. The molecule has 1 amide bonds. The second-order valence-electron chi connectivity index (χ2n) is 7.48. The average molecular weight is 350 g/mol. The third kappa shape index (κ3) is 3.51. The quantitative estimate of drug-likeness (QED) is 0.838. The fraction of sp³-hybridized carbons (Fsp3) is 0.778. The Labute approximate surface area is 148 Å². The Morgan fingerprint density at radius 2 is 2.04 bits per heavy atom. The molecule has 0 aromatic carbocycles. The normalized spacial score (nSPS) is 29.0. The van der Waals surface area contributed by atoms with Gasteiger partial charge in [-0.3, -0.25) is 9.69 Å². The largest absolute Gasteiger partial charge is 0.381 e. The van der Waals surface area contributed by atoms with Crippen molar-refractivity contribution in [3.05, 3.63) is 16.1 Å². The Kier molecular flexibility index (Phi) is 4.88. The van der Waals surface area contributed by atoms with Gasteiger partial charge in [-0.1, -0.05) is 0 Å². The number of rotatable bonds is 3. The van der Waals surface area contributed by atoms with Gasteiger partial charge in [0.25, 0.3) is 0 Å². The Morgan fingerprint density at radius 1 is 1.21 bits per heavy atom. The highest BCUT2D eigenvalue weighted by atomic mass is 32.1. The number of hydrogen-bond donors (Lipinski definition) is 0. The van der Waals surface area contributed by atoms with E-state index in [1.165, 1.54) is 6.42 Å². The van der Waals surface area contributed by atoms with Crippen LogP contribution in [0.2, 0.25) is 0 Å². The van der Waals surface area contributed by atoms with Crippen molar-refractivity contribution in [2.45, 2.75) is 51.1 Å². The number of nitrogens with zero attached hydrogens (tertiary/aromatic N) is 3. The Hall–Kier alpha value is -0.980. The van der Waals surface area contributed by atoms with Crippen molar-refractivity contribution in [2.75, 3.05) is 32.8 Å². The lowest BCUT2D eigenvalue weighted by Gasteiger charge is -2.37. The zero-order valence-corrected chi connectivity index (χ0v) is 15.3. The molecule has 0 radical (unpaired) electrons. The van der Waals surface area contributed by atoms with E-state index in [1.807, 2.05) is 12.3 Å². The number of amides is 1. The van der Waals surface area contributed by atoms with E-state index >= 15 is 0 Å². The van der Waals surface area contributed by atoms with E-state index in [0.717, 1.165) is 62.8 Å². The first kappa shape index (κ1) is 16.5. The van der Waals surface area contributed by atoms with E-state index < -0.39 is 0 Å². The molecule has 0 saturated carbocycles. The van der Waals surface area contributed by atoms with E-state index in [9.17, 15) is 4.79 Å². The maximum atomic E-state index is 12.9. The molecule has 5 nitrogen and oxygen atoms in total.